The summed E-state index contributed by atoms with van der Waals surface area (Å²) >= 11 is 0. The first-order valence-electron chi connectivity index (χ1n) is 43.9. The van der Waals surface area contributed by atoms with Crippen molar-refractivity contribution in [1.82, 2.24) is 83.6 Å². The quantitative estimate of drug-likeness (QED) is 0.0568. The number of H-pyrrole nitrogens is 4. The average molecular weight is 1610 g/mol. The zero-order chi connectivity index (χ0) is 81.6. The minimum Gasteiger partial charge on any atom is -0.347 e. The number of aromatic nitrogens is 13. The van der Waals surface area contributed by atoms with Crippen molar-refractivity contribution in [1.29, 1.82) is 0 Å². The second kappa shape index (κ2) is 33.5. The number of rotatable bonds is 20. The van der Waals surface area contributed by atoms with E-state index >= 15 is 0 Å². The third kappa shape index (κ3) is 15.6. The Labute approximate surface area is 704 Å². The largest absolute Gasteiger partial charge is 0.347 e. The molecule has 8 bridgehead atoms. The van der Waals surface area contributed by atoms with Gasteiger partial charge in [0.25, 0.3) is 0 Å². The predicted octanol–water partition coefficient (Wildman–Crippen LogP) is 17.8. The molecule has 21 nitrogen and oxygen atoms in total. The lowest BCUT2D eigenvalue weighted by atomic mass is 9.89. The molecule has 8 aliphatic rings. The number of aryl methyl sites for hydroxylation is 1. The number of nitrogens with zero attached hydrogens (tertiary/aromatic N) is 13. The van der Waals surface area contributed by atoms with Crippen LogP contribution in [0.1, 0.15) is 114 Å². The van der Waals surface area contributed by atoms with Gasteiger partial charge in [-0.1, -0.05) is 105 Å². The number of benzene rings is 6. The van der Waals surface area contributed by atoms with Crippen LogP contribution < -0.4 is 0 Å². The van der Waals surface area contributed by atoms with Crippen molar-refractivity contribution < 1.29 is 19.2 Å². The summed E-state index contributed by atoms with van der Waals surface area (Å²) < 4.78 is 9.49. The van der Waals surface area contributed by atoms with Crippen LogP contribution in [-0.2, 0) is 64.6 Å². The SMILES string of the molecule is CC(C)C(=O)N1C2CCC1C(Cn1ccc3cc(-c4cn[nH]c4)ccc31)C2.O=C(CCc1ccccc1)N1C2CCC1C(Cn1ccc3cc(-c4cn[nH]c4)ccc31)C2.O=C(Cc1ccccc1)N1C2CCC1C(Cn1ccc3cc(-c4cn[nH]c4)ccc31)C2.O=C(Cc1cccnc1)N1C2CCC1C(Cn1ccc3cc(-c4cn[nH]c4)ccc31)C2. The summed E-state index contributed by atoms with van der Waals surface area (Å²) in [5.41, 5.74) is 17.6. The number of hydrogen-bond donors (Lipinski definition) is 4. The molecule has 121 heavy (non-hydrogen) atoms. The van der Waals surface area contributed by atoms with Gasteiger partial charge >= 0.3 is 0 Å². The zero-order valence-corrected chi connectivity index (χ0v) is 68.8. The first-order valence-corrected chi connectivity index (χ1v) is 43.9. The molecule has 12 atom stereocenters. The van der Waals surface area contributed by atoms with Crippen LogP contribution in [0.25, 0.3) is 88.1 Å². The van der Waals surface area contributed by atoms with Crippen LogP contribution in [0.4, 0.5) is 0 Å². The summed E-state index contributed by atoms with van der Waals surface area (Å²) in [6.45, 7) is 7.96. The highest BCUT2D eigenvalue weighted by Crippen LogP contribution is 2.48. The van der Waals surface area contributed by atoms with Crippen LogP contribution in [0.2, 0.25) is 0 Å². The third-order valence-electron chi connectivity index (χ3n) is 28.2. The van der Waals surface area contributed by atoms with Gasteiger partial charge in [0.1, 0.15) is 0 Å². The first-order chi connectivity index (χ1) is 59.4. The summed E-state index contributed by atoms with van der Waals surface area (Å²) in [5.74, 6) is 3.48. The van der Waals surface area contributed by atoms with Crippen LogP contribution in [0, 0.1) is 29.6 Å². The van der Waals surface area contributed by atoms with E-state index in [0.717, 1.165) is 130 Å². The van der Waals surface area contributed by atoms with E-state index in [4.69, 9.17) is 0 Å². The standard InChI is InChI=1S/C27H28N4O.C26H26N4O.C25H25N5O.C22H26N4O/c32-27(11-6-19-4-2-1-3-5-19)31-24-8-10-26(31)22(15-24)18-30-13-12-21-14-20(7-9-25(21)30)23-16-28-29-17-23;31-26(12-18-4-2-1-3-5-18)30-23-7-9-25(30)21(14-23)17-29-11-10-20-13-19(6-8-24(20)29)22-15-27-28-16-22;31-25(10-17-2-1-8-26-13-17)30-22-4-6-24(30)20(12-22)16-29-9-7-19-11-18(3-5-23(19)29)21-14-27-28-15-21;1-14(2)22(27)26-19-4-6-21(26)17(10-19)13-25-8-7-16-9-15(3-5-20(16)25)18-11-23-24-12-18/h1-5,7,9,12-14,16-17,22,24,26H,6,8,10-11,15,18H2,(H,28,29);1-6,8,10-11,13,15-16,21,23,25H,7,9,12,14,17H2,(H,27,28);1-3,5,7-9,11,13-15,20,22,24H,4,6,10,12,16H2,(H,27,28);3,5,7-9,11-12,14,17,19,21H,4,6,10,13H2,1-2H3,(H,23,24). The fourth-order valence-corrected chi connectivity index (χ4v) is 22.5. The lowest BCUT2D eigenvalue weighted by Crippen LogP contribution is -2.39. The molecular formula is C100H105N17O4. The Morgan fingerprint density at radius 3 is 1.02 bits per heavy atom. The van der Waals surface area contributed by atoms with Crippen LogP contribution in [0.3, 0.4) is 0 Å². The highest BCUT2D eigenvalue weighted by atomic mass is 16.2. The summed E-state index contributed by atoms with van der Waals surface area (Å²) in [4.78, 5) is 64.9. The van der Waals surface area contributed by atoms with E-state index in [1.807, 2.05) is 99.8 Å². The van der Waals surface area contributed by atoms with Gasteiger partial charge in [-0.05, 0) is 225 Å². The van der Waals surface area contributed by atoms with Gasteiger partial charge in [0.05, 0.1) is 37.6 Å². The molecule has 8 saturated heterocycles. The van der Waals surface area contributed by atoms with E-state index in [0.29, 0.717) is 109 Å². The Bertz CT molecular complexity index is 5910. The molecule has 15 aromatic rings. The molecule has 4 N–H and O–H groups in total. The topological polar surface area (TPSA) is 229 Å². The number of fused-ring (bicyclic) bond motifs is 12. The molecule has 614 valence electrons. The van der Waals surface area contributed by atoms with Crippen LogP contribution in [0.5, 0.6) is 0 Å². The number of carbonyl (C=O) groups excluding carboxylic acids is 4. The maximum Gasteiger partial charge on any atom is 0.227 e. The Morgan fingerprint density at radius 2 is 0.678 bits per heavy atom. The Balaban J connectivity index is 0.000000103. The monoisotopic (exact) mass is 1610 g/mol. The van der Waals surface area contributed by atoms with Crippen molar-refractivity contribution >= 4 is 67.2 Å². The van der Waals surface area contributed by atoms with Crippen molar-refractivity contribution in [3.05, 3.63) is 273 Å². The first kappa shape index (κ1) is 77.0. The number of aromatic amines is 4. The number of nitrogens with one attached hydrogen (secondary N) is 4. The van der Waals surface area contributed by atoms with Crippen molar-refractivity contribution in [2.45, 2.75) is 191 Å². The molecule has 8 aliphatic heterocycles. The molecule has 4 amide bonds. The van der Waals surface area contributed by atoms with Gasteiger partial charge < -0.3 is 37.9 Å². The highest BCUT2D eigenvalue weighted by molar-refractivity contribution is 5.90. The molecule has 21 heteroatoms. The van der Waals surface area contributed by atoms with Gasteiger partial charge in [-0.15, -0.1) is 0 Å². The van der Waals surface area contributed by atoms with Gasteiger partial charge in [0.2, 0.25) is 23.6 Å². The van der Waals surface area contributed by atoms with E-state index < -0.39 is 0 Å². The van der Waals surface area contributed by atoms with Gasteiger partial charge in [-0.2, -0.15) is 20.4 Å². The van der Waals surface area contributed by atoms with Crippen molar-refractivity contribution in [3.63, 3.8) is 0 Å². The van der Waals surface area contributed by atoms with E-state index in [1.54, 1.807) is 12.4 Å². The molecule has 0 spiro atoms. The molecule has 0 saturated carbocycles. The fourth-order valence-electron chi connectivity index (χ4n) is 22.5. The van der Waals surface area contributed by atoms with Gasteiger partial charge in [0, 0.05) is 215 Å². The molecule has 23 rings (SSSR count). The van der Waals surface area contributed by atoms with Gasteiger partial charge in [0.15, 0.2) is 0 Å². The van der Waals surface area contributed by atoms with E-state index in [1.165, 1.54) is 84.3 Å². The summed E-state index contributed by atoms with van der Waals surface area (Å²) in [6, 6.07) is 62.9. The number of pyridine rings is 1. The normalized spacial score (nSPS) is 22.8. The smallest absolute Gasteiger partial charge is 0.227 e. The fraction of sp³-hybridized carbons (Fsp3) is 0.350. The number of hydrogen-bond acceptors (Lipinski definition) is 9. The Hall–Kier alpha value is -12.7. The summed E-state index contributed by atoms with van der Waals surface area (Å²) in [5, 5.41) is 32.8. The average Bonchev–Trinajstić information content (AvgIpc) is 1.62. The molecule has 12 unspecified atom stereocenters. The zero-order valence-electron chi connectivity index (χ0n) is 68.8. The van der Waals surface area contributed by atoms with Crippen LogP contribution >= 0.6 is 0 Å². The maximum atomic E-state index is 13.1. The van der Waals surface area contributed by atoms with E-state index in [2.05, 4.69) is 242 Å². The van der Waals surface area contributed by atoms with Crippen molar-refractivity contribution in [2.75, 3.05) is 0 Å². The minimum atomic E-state index is 0.0978. The molecule has 8 fully saturated rings. The van der Waals surface area contributed by atoms with Gasteiger partial charge in [-0.3, -0.25) is 44.6 Å². The molecule has 17 heterocycles. The predicted molar refractivity (Wildman–Crippen MR) is 473 cm³/mol. The van der Waals surface area contributed by atoms with E-state index in [9.17, 15) is 19.2 Å². The molecule has 9 aromatic heterocycles. The highest BCUT2D eigenvalue weighted by Gasteiger charge is 2.52. The van der Waals surface area contributed by atoms with Crippen molar-refractivity contribution in [2.24, 2.45) is 29.6 Å². The Kier molecular flexibility index (Phi) is 21.3. The van der Waals surface area contributed by atoms with Crippen molar-refractivity contribution in [3.8, 4) is 44.5 Å². The lowest BCUT2D eigenvalue weighted by molar-refractivity contribution is -0.136. The second-order valence-electron chi connectivity index (χ2n) is 35.6. The number of carbonyl (C=O) groups is 4. The van der Waals surface area contributed by atoms with Gasteiger partial charge in [-0.25, -0.2) is 0 Å². The summed E-state index contributed by atoms with van der Waals surface area (Å²) in [7, 11) is 0. The molecule has 0 radical (unpaired) electrons. The van der Waals surface area contributed by atoms with E-state index in [-0.39, 0.29) is 11.8 Å². The third-order valence-corrected chi connectivity index (χ3v) is 28.2. The maximum absolute atomic E-state index is 13.1. The molecule has 6 aromatic carbocycles. The minimum absolute atomic E-state index is 0.0978. The molecular weight excluding hydrogens is 1500 g/mol. The molecule has 0 aliphatic carbocycles. The Morgan fingerprint density at radius 1 is 0.347 bits per heavy atom. The summed E-state index contributed by atoms with van der Waals surface area (Å²) in [6.07, 6.45) is 43.6. The van der Waals surface area contributed by atoms with Crippen LogP contribution in [-0.4, -0.2) is 156 Å². The number of amides is 4. The second-order valence-corrected chi connectivity index (χ2v) is 35.6. The van der Waals surface area contributed by atoms with Crippen LogP contribution in [0.15, 0.2) is 257 Å². The lowest BCUT2D eigenvalue weighted by Gasteiger charge is -2.26.